The summed E-state index contributed by atoms with van der Waals surface area (Å²) < 4.78 is 13.5. The molecule has 0 aliphatic carbocycles. The highest BCUT2D eigenvalue weighted by Crippen LogP contribution is 2.27. The van der Waals surface area contributed by atoms with E-state index in [1.165, 1.54) is 12.1 Å². The van der Waals surface area contributed by atoms with E-state index in [2.05, 4.69) is 44.0 Å². The molecule has 3 N–H and O–H groups in total. The predicted octanol–water partition coefficient (Wildman–Crippen LogP) is 5.17. The zero-order valence-electron chi connectivity index (χ0n) is 16.1. The van der Waals surface area contributed by atoms with Crippen LogP contribution < -0.4 is 10.6 Å². The van der Waals surface area contributed by atoms with Gasteiger partial charge in [-0.15, -0.1) is 0 Å². The number of anilines is 2. The van der Waals surface area contributed by atoms with Crippen LogP contribution in [0.2, 0.25) is 0 Å². The summed E-state index contributed by atoms with van der Waals surface area (Å²) in [4.78, 5) is 8.35. The Labute approximate surface area is 173 Å². The maximum Gasteiger partial charge on any atom is 0.131 e. The van der Waals surface area contributed by atoms with E-state index < -0.39 is 0 Å². The smallest absolute Gasteiger partial charge is 0.131 e. The van der Waals surface area contributed by atoms with Gasteiger partial charge >= 0.3 is 0 Å². The highest BCUT2D eigenvalue weighted by atomic mass is 19.1. The summed E-state index contributed by atoms with van der Waals surface area (Å²) in [5.74, 6) is -0.295. The van der Waals surface area contributed by atoms with Crippen LogP contribution in [0.1, 0.15) is 11.3 Å². The van der Waals surface area contributed by atoms with E-state index in [0.29, 0.717) is 22.8 Å². The quantitative estimate of drug-likeness (QED) is 0.400. The lowest BCUT2D eigenvalue weighted by molar-refractivity contribution is 0.628. The molecule has 0 saturated heterocycles. The van der Waals surface area contributed by atoms with Crippen LogP contribution in [0.25, 0.3) is 22.5 Å². The van der Waals surface area contributed by atoms with Crippen molar-refractivity contribution in [1.29, 1.82) is 0 Å². The summed E-state index contributed by atoms with van der Waals surface area (Å²) in [7, 11) is 0. The molecule has 0 amide bonds. The van der Waals surface area contributed by atoms with Crippen LogP contribution in [0.5, 0.6) is 0 Å². The van der Waals surface area contributed by atoms with Crippen LogP contribution in [-0.2, 0) is 0 Å². The molecule has 0 radical (unpaired) electrons. The van der Waals surface area contributed by atoms with Gasteiger partial charge in [-0.05, 0) is 35.9 Å². The summed E-state index contributed by atoms with van der Waals surface area (Å²) in [5.41, 5.74) is 5.69. The van der Waals surface area contributed by atoms with E-state index in [4.69, 9.17) is 0 Å². The van der Waals surface area contributed by atoms with Crippen molar-refractivity contribution in [3.8, 4) is 11.1 Å². The summed E-state index contributed by atoms with van der Waals surface area (Å²) >= 11 is 0. The minimum atomic E-state index is -0.295. The fourth-order valence-corrected chi connectivity index (χ4v) is 2.96. The molecule has 0 fully saturated rings. The molecule has 7 heteroatoms. The Morgan fingerprint density at radius 3 is 2.60 bits per heavy atom. The minimum Gasteiger partial charge on any atom is -0.353 e. The first-order valence-corrected chi connectivity index (χ1v) is 9.17. The number of aromatic nitrogens is 4. The molecule has 4 rings (SSSR count). The van der Waals surface area contributed by atoms with E-state index in [1.807, 2.05) is 24.3 Å². The third kappa shape index (κ3) is 4.25. The van der Waals surface area contributed by atoms with Crippen molar-refractivity contribution in [1.82, 2.24) is 20.2 Å². The molecule has 0 saturated carbocycles. The fraction of sp³-hybridized carbons (Fsp3) is 0. The molecule has 1 aromatic carbocycles. The average molecular weight is 398 g/mol. The molecule has 0 aliphatic rings. The van der Waals surface area contributed by atoms with Gasteiger partial charge in [-0.1, -0.05) is 25.3 Å². The molecule has 0 unspecified atom stereocenters. The molecule has 0 aliphatic heterocycles. The van der Waals surface area contributed by atoms with E-state index in [-0.39, 0.29) is 5.82 Å². The van der Waals surface area contributed by atoms with Crippen molar-refractivity contribution in [3.05, 3.63) is 104 Å². The Bertz CT molecular complexity index is 1200. The SMILES string of the molecule is C=C(Nc1c[nH]nc1C(=C)Nc1cncc(-c2cccc(F)c2)c1)c1cccnc1. The van der Waals surface area contributed by atoms with Crippen molar-refractivity contribution >= 4 is 22.8 Å². The van der Waals surface area contributed by atoms with Gasteiger partial charge < -0.3 is 10.6 Å². The van der Waals surface area contributed by atoms with E-state index >= 15 is 0 Å². The fourth-order valence-electron chi connectivity index (χ4n) is 2.96. The van der Waals surface area contributed by atoms with Crippen LogP contribution in [0.15, 0.2) is 86.6 Å². The zero-order chi connectivity index (χ0) is 20.9. The van der Waals surface area contributed by atoms with Crippen molar-refractivity contribution in [2.24, 2.45) is 0 Å². The monoisotopic (exact) mass is 398 g/mol. The van der Waals surface area contributed by atoms with Gasteiger partial charge in [-0.3, -0.25) is 15.1 Å². The van der Waals surface area contributed by atoms with Gasteiger partial charge in [0.25, 0.3) is 0 Å². The number of hydrogen-bond donors (Lipinski definition) is 3. The largest absolute Gasteiger partial charge is 0.353 e. The van der Waals surface area contributed by atoms with Crippen LogP contribution in [-0.4, -0.2) is 20.2 Å². The lowest BCUT2D eigenvalue weighted by Gasteiger charge is -2.13. The number of rotatable bonds is 7. The highest BCUT2D eigenvalue weighted by molar-refractivity contribution is 5.85. The third-order valence-corrected chi connectivity index (χ3v) is 4.41. The summed E-state index contributed by atoms with van der Waals surface area (Å²) in [6.45, 7) is 8.14. The van der Waals surface area contributed by atoms with Gasteiger partial charge in [0, 0.05) is 41.6 Å². The molecule has 30 heavy (non-hydrogen) atoms. The molecule has 3 heterocycles. The third-order valence-electron chi connectivity index (χ3n) is 4.41. The van der Waals surface area contributed by atoms with Crippen molar-refractivity contribution < 1.29 is 4.39 Å². The maximum absolute atomic E-state index is 13.5. The number of pyridine rings is 2. The van der Waals surface area contributed by atoms with Crippen LogP contribution in [0.4, 0.5) is 15.8 Å². The van der Waals surface area contributed by atoms with E-state index in [0.717, 1.165) is 22.4 Å². The number of benzene rings is 1. The molecular formula is C23H19FN6. The number of nitrogens with one attached hydrogen (secondary N) is 3. The van der Waals surface area contributed by atoms with E-state index in [9.17, 15) is 4.39 Å². The van der Waals surface area contributed by atoms with Gasteiger partial charge in [-0.2, -0.15) is 5.10 Å². The first-order valence-electron chi connectivity index (χ1n) is 9.17. The lowest BCUT2D eigenvalue weighted by Crippen LogP contribution is -2.03. The molecule has 3 aromatic heterocycles. The first kappa shape index (κ1) is 19.1. The highest BCUT2D eigenvalue weighted by Gasteiger charge is 2.12. The number of hydrogen-bond acceptors (Lipinski definition) is 5. The molecular weight excluding hydrogens is 379 g/mol. The normalized spacial score (nSPS) is 10.4. The lowest BCUT2D eigenvalue weighted by atomic mass is 10.1. The van der Waals surface area contributed by atoms with Crippen LogP contribution in [0, 0.1) is 5.82 Å². The molecule has 4 aromatic rings. The average Bonchev–Trinajstić information content (AvgIpc) is 3.23. The van der Waals surface area contributed by atoms with Gasteiger partial charge in [-0.25, -0.2) is 4.39 Å². The van der Waals surface area contributed by atoms with Gasteiger partial charge in [0.15, 0.2) is 0 Å². The second-order valence-electron chi connectivity index (χ2n) is 6.57. The molecule has 148 valence electrons. The predicted molar refractivity (Wildman–Crippen MR) is 118 cm³/mol. The minimum absolute atomic E-state index is 0.295. The van der Waals surface area contributed by atoms with Crippen molar-refractivity contribution in [3.63, 3.8) is 0 Å². The van der Waals surface area contributed by atoms with Gasteiger partial charge in [0.05, 0.1) is 23.3 Å². The number of H-pyrrole nitrogens is 1. The Hall–Kier alpha value is -4.26. The molecule has 0 spiro atoms. The van der Waals surface area contributed by atoms with Crippen molar-refractivity contribution in [2.45, 2.75) is 0 Å². The van der Waals surface area contributed by atoms with E-state index in [1.54, 1.807) is 37.1 Å². The number of aromatic amines is 1. The van der Waals surface area contributed by atoms with Crippen molar-refractivity contribution in [2.75, 3.05) is 10.6 Å². The Kier molecular flexibility index (Phi) is 5.34. The molecule has 6 nitrogen and oxygen atoms in total. The second-order valence-corrected chi connectivity index (χ2v) is 6.57. The number of nitrogens with zero attached hydrogens (tertiary/aromatic N) is 3. The van der Waals surface area contributed by atoms with Gasteiger partial charge in [0.1, 0.15) is 11.5 Å². The topological polar surface area (TPSA) is 78.5 Å². The molecule has 0 bridgehead atoms. The Balaban J connectivity index is 1.51. The zero-order valence-corrected chi connectivity index (χ0v) is 16.1. The summed E-state index contributed by atoms with van der Waals surface area (Å²) in [5, 5.41) is 13.6. The molecule has 0 atom stereocenters. The standard InChI is InChI=1S/C23H19FN6/c1-15(18-6-4-8-25-11-18)29-22-14-27-30-23(22)16(2)28-21-10-19(12-26-13-21)17-5-3-7-20(24)9-17/h3-14,28-29H,1-2H2,(H,27,30). The maximum atomic E-state index is 13.5. The second kappa shape index (κ2) is 8.40. The number of halogens is 1. The first-order chi connectivity index (χ1) is 14.6. The Morgan fingerprint density at radius 1 is 0.900 bits per heavy atom. The summed E-state index contributed by atoms with van der Waals surface area (Å²) in [6, 6.07) is 12.0. The van der Waals surface area contributed by atoms with Crippen LogP contribution >= 0.6 is 0 Å². The van der Waals surface area contributed by atoms with Crippen LogP contribution in [0.3, 0.4) is 0 Å². The summed E-state index contributed by atoms with van der Waals surface area (Å²) in [6.07, 6.45) is 8.51. The van der Waals surface area contributed by atoms with Gasteiger partial charge in [0.2, 0.25) is 0 Å². The Morgan fingerprint density at radius 2 is 1.80 bits per heavy atom.